The minimum atomic E-state index is 0.0549. The van der Waals surface area contributed by atoms with Crippen LogP contribution in [-0.4, -0.2) is 32.1 Å². The van der Waals surface area contributed by atoms with Crippen LogP contribution < -0.4 is 15.5 Å². The standard InChI is InChI=1S/C21H28ClN3O/c1-3-25(4-2)20-10-8-19(9-11-20)23-15-13-21(26)24-14-12-17-6-5-7-18(22)16-17/h5-11,16,23H,3-4,12-15H2,1-2H3,(H,24,26). The van der Waals surface area contributed by atoms with Gasteiger partial charge in [-0.2, -0.15) is 0 Å². The van der Waals surface area contributed by atoms with Gasteiger partial charge < -0.3 is 15.5 Å². The molecule has 0 spiro atoms. The van der Waals surface area contributed by atoms with E-state index < -0.39 is 0 Å². The van der Waals surface area contributed by atoms with Gasteiger partial charge in [0.15, 0.2) is 0 Å². The number of halogens is 1. The van der Waals surface area contributed by atoms with Crippen molar-refractivity contribution in [1.29, 1.82) is 0 Å². The topological polar surface area (TPSA) is 44.4 Å². The number of benzene rings is 2. The normalized spacial score (nSPS) is 10.4. The van der Waals surface area contributed by atoms with Gasteiger partial charge in [-0.1, -0.05) is 23.7 Å². The molecule has 0 atom stereocenters. The molecule has 5 heteroatoms. The van der Waals surface area contributed by atoms with Crippen LogP contribution in [0.3, 0.4) is 0 Å². The maximum Gasteiger partial charge on any atom is 0.221 e. The Bertz CT molecular complexity index is 684. The lowest BCUT2D eigenvalue weighted by Crippen LogP contribution is -2.27. The molecule has 26 heavy (non-hydrogen) atoms. The molecule has 2 aromatic carbocycles. The Balaban J connectivity index is 1.66. The molecule has 0 unspecified atom stereocenters. The lowest BCUT2D eigenvalue weighted by molar-refractivity contribution is -0.120. The highest BCUT2D eigenvalue weighted by Crippen LogP contribution is 2.17. The Kier molecular flexibility index (Phi) is 8.29. The van der Waals surface area contributed by atoms with E-state index in [1.165, 1.54) is 5.69 Å². The number of nitrogens with one attached hydrogen (secondary N) is 2. The summed E-state index contributed by atoms with van der Waals surface area (Å²) in [6.45, 7) is 7.55. The maximum atomic E-state index is 11.9. The third kappa shape index (κ3) is 6.60. The minimum Gasteiger partial charge on any atom is -0.385 e. The summed E-state index contributed by atoms with van der Waals surface area (Å²) in [4.78, 5) is 14.2. The number of carbonyl (C=O) groups excluding carboxylic acids is 1. The number of hydrogen-bond donors (Lipinski definition) is 2. The molecular weight excluding hydrogens is 346 g/mol. The number of carbonyl (C=O) groups is 1. The molecule has 0 aliphatic carbocycles. The van der Waals surface area contributed by atoms with Crippen LogP contribution in [0.25, 0.3) is 0 Å². The molecule has 2 N–H and O–H groups in total. The fraction of sp³-hybridized carbons (Fsp3) is 0.381. The van der Waals surface area contributed by atoms with Crippen molar-refractivity contribution >= 4 is 28.9 Å². The van der Waals surface area contributed by atoms with Gasteiger partial charge in [-0.25, -0.2) is 0 Å². The fourth-order valence-electron chi connectivity index (χ4n) is 2.83. The average molecular weight is 374 g/mol. The van der Waals surface area contributed by atoms with Crippen LogP contribution in [0.4, 0.5) is 11.4 Å². The number of amides is 1. The SMILES string of the molecule is CCN(CC)c1ccc(NCCC(=O)NCCc2cccc(Cl)c2)cc1. The van der Waals surface area contributed by atoms with Crippen LogP contribution >= 0.6 is 11.6 Å². The number of anilines is 2. The molecule has 0 saturated carbocycles. The van der Waals surface area contributed by atoms with E-state index in [0.717, 1.165) is 35.8 Å². The summed E-state index contributed by atoms with van der Waals surface area (Å²) in [7, 11) is 0. The number of hydrogen-bond acceptors (Lipinski definition) is 3. The molecule has 0 bridgehead atoms. The predicted octanol–water partition coefficient (Wildman–Crippen LogP) is 4.35. The maximum absolute atomic E-state index is 11.9. The summed E-state index contributed by atoms with van der Waals surface area (Å²) >= 11 is 5.96. The molecule has 0 heterocycles. The third-order valence-electron chi connectivity index (χ3n) is 4.30. The van der Waals surface area contributed by atoms with Crippen molar-refractivity contribution < 1.29 is 4.79 Å². The van der Waals surface area contributed by atoms with Gasteiger partial charge in [-0.05, 0) is 62.2 Å². The molecule has 0 saturated heterocycles. The van der Waals surface area contributed by atoms with Gasteiger partial charge in [0.05, 0.1) is 0 Å². The Morgan fingerprint density at radius 2 is 1.77 bits per heavy atom. The molecule has 2 aromatic rings. The van der Waals surface area contributed by atoms with E-state index in [2.05, 4.69) is 53.6 Å². The zero-order valence-corrected chi connectivity index (χ0v) is 16.4. The lowest BCUT2D eigenvalue weighted by atomic mass is 10.1. The highest BCUT2D eigenvalue weighted by Gasteiger charge is 2.03. The molecule has 0 radical (unpaired) electrons. The van der Waals surface area contributed by atoms with E-state index in [1.807, 2.05) is 24.3 Å². The van der Waals surface area contributed by atoms with Crippen molar-refractivity contribution in [2.24, 2.45) is 0 Å². The Labute approximate surface area is 161 Å². The largest absolute Gasteiger partial charge is 0.385 e. The van der Waals surface area contributed by atoms with E-state index in [0.29, 0.717) is 19.5 Å². The van der Waals surface area contributed by atoms with E-state index in [4.69, 9.17) is 11.6 Å². The highest BCUT2D eigenvalue weighted by molar-refractivity contribution is 6.30. The van der Waals surface area contributed by atoms with Gasteiger partial charge >= 0.3 is 0 Å². The molecule has 0 aromatic heterocycles. The third-order valence-corrected chi connectivity index (χ3v) is 4.54. The molecule has 0 aliphatic heterocycles. The second-order valence-electron chi connectivity index (χ2n) is 6.13. The summed E-state index contributed by atoms with van der Waals surface area (Å²) in [6.07, 6.45) is 1.24. The first-order valence-electron chi connectivity index (χ1n) is 9.22. The van der Waals surface area contributed by atoms with E-state index in [1.54, 1.807) is 0 Å². The first-order valence-corrected chi connectivity index (χ1v) is 9.60. The van der Waals surface area contributed by atoms with Crippen molar-refractivity contribution in [3.05, 3.63) is 59.1 Å². The molecule has 140 valence electrons. The first-order chi connectivity index (χ1) is 12.6. The Morgan fingerprint density at radius 1 is 1.04 bits per heavy atom. The van der Waals surface area contributed by atoms with Crippen LogP contribution in [0.15, 0.2) is 48.5 Å². The molecule has 0 fully saturated rings. The molecule has 0 aliphatic rings. The zero-order chi connectivity index (χ0) is 18.8. The van der Waals surface area contributed by atoms with Gasteiger partial charge in [-0.3, -0.25) is 4.79 Å². The summed E-state index contributed by atoms with van der Waals surface area (Å²) in [5.41, 5.74) is 3.39. The second-order valence-corrected chi connectivity index (χ2v) is 6.56. The Hall–Kier alpha value is -2.20. The lowest BCUT2D eigenvalue weighted by Gasteiger charge is -2.21. The van der Waals surface area contributed by atoms with Gasteiger partial charge in [-0.15, -0.1) is 0 Å². The average Bonchev–Trinajstić information content (AvgIpc) is 2.64. The second kappa shape index (κ2) is 10.7. The van der Waals surface area contributed by atoms with Crippen molar-refractivity contribution in [3.8, 4) is 0 Å². The minimum absolute atomic E-state index is 0.0549. The van der Waals surface area contributed by atoms with Crippen molar-refractivity contribution in [1.82, 2.24) is 5.32 Å². The van der Waals surface area contributed by atoms with Crippen molar-refractivity contribution in [3.63, 3.8) is 0 Å². The van der Waals surface area contributed by atoms with E-state index in [-0.39, 0.29) is 5.91 Å². The highest BCUT2D eigenvalue weighted by atomic mass is 35.5. The van der Waals surface area contributed by atoms with Crippen molar-refractivity contribution in [2.45, 2.75) is 26.7 Å². The quantitative estimate of drug-likeness (QED) is 0.650. The molecule has 2 rings (SSSR count). The predicted molar refractivity (Wildman–Crippen MR) is 111 cm³/mol. The summed E-state index contributed by atoms with van der Waals surface area (Å²) in [5.74, 6) is 0.0549. The van der Waals surface area contributed by atoms with Crippen LogP contribution in [0, 0.1) is 0 Å². The monoisotopic (exact) mass is 373 g/mol. The van der Waals surface area contributed by atoms with Gasteiger partial charge in [0.2, 0.25) is 5.91 Å². The number of rotatable bonds is 10. The molecular formula is C21H28ClN3O. The van der Waals surface area contributed by atoms with Crippen LogP contribution in [-0.2, 0) is 11.2 Å². The van der Waals surface area contributed by atoms with Gasteiger partial charge in [0, 0.05) is 49.0 Å². The van der Waals surface area contributed by atoms with E-state index in [9.17, 15) is 4.79 Å². The van der Waals surface area contributed by atoms with Crippen LogP contribution in [0.5, 0.6) is 0 Å². The first kappa shape index (κ1) is 20.1. The summed E-state index contributed by atoms with van der Waals surface area (Å²) < 4.78 is 0. The summed E-state index contributed by atoms with van der Waals surface area (Å²) in [6, 6.07) is 16.1. The summed E-state index contributed by atoms with van der Waals surface area (Å²) in [5, 5.41) is 6.97. The fourth-order valence-corrected chi connectivity index (χ4v) is 3.04. The Morgan fingerprint density at radius 3 is 2.42 bits per heavy atom. The van der Waals surface area contributed by atoms with Gasteiger partial charge in [0.25, 0.3) is 0 Å². The number of nitrogens with zero attached hydrogens (tertiary/aromatic N) is 1. The van der Waals surface area contributed by atoms with Crippen molar-refractivity contribution in [2.75, 3.05) is 36.4 Å². The zero-order valence-electron chi connectivity index (χ0n) is 15.6. The van der Waals surface area contributed by atoms with Crippen LogP contribution in [0.1, 0.15) is 25.8 Å². The molecule has 4 nitrogen and oxygen atoms in total. The smallest absolute Gasteiger partial charge is 0.221 e. The molecule has 1 amide bonds. The van der Waals surface area contributed by atoms with Crippen LogP contribution in [0.2, 0.25) is 5.02 Å². The van der Waals surface area contributed by atoms with E-state index >= 15 is 0 Å². The van der Waals surface area contributed by atoms with Gasteiger partial charge in [0.1, 0.15) is 0 Å².